The average Bonchev–Trinajstić information content (AvgIpc) is 3.14. The smallest absolute Gasteiger partial charge is 0.256 e. The Balaban J connectivity index is 1.60. The van der Waals surface area contributed by atoms with Crippen molar-refractivity contribution in [3.63, 3.8) is 0 Å². The summed E-state index contributed by atoms with van der Waals surface area (Å²) in [7, 11) is 1.97. The first-order valence-corrected chi connectivity index (χ1v) is 8.73. The molecule has 0 aliphatic carbocycles. The van der Waals surface area contributed by atoms with Crippen LogP contribution >= 0.6 is 0 Å². The van der Waals surface area contributed by atoms with E-state index in [0.717, 1.165) is 5.56 Å². The van der Waals surface area contributed by atoms with Gasteiger partial charge in [0.1, 0.15) is 11.9 Å². The van der Waals surface area contributed by atoms with E-state index in [-0.39, 0.29) is 11.9 Å². The van der Waals surface area contributed by atoms with Gasteiger partial charge in [0.05, 0.1) is 11.6 Å². The lowest BCUT2D eigenvalue weighted by Crippen LogP contribution is -2.22. The van der Waals surface area contributed by atoms with Crippen LogP contribution in [0.3, 0.4) is 0 Å². The third kappa shape index (κ3) is 4.58. The topological polar surface area (TPSA) is 108 Å². The van der Waals surface area contributed by atoms with Crippen molar-refractivity contribution >= 4 is 11.7 Å². The molecule has 142 valence electrons. The molecule has 0 bridgehead atoms. The van der Waals surface area contributed by atoms with E-state index in [1.807, 2.05) is 32.2 Å². The molecule has 0 aliphatic heterocycles. The molecule has 8 nitrogen and oxygen atoms in total. The van der Waals surface area contributed by atoms with Crippen molar-refractivity contribution in [2.75, 3.05) is 12.4 Å². The van der Waals surface area contributed by atoms with E-state index in [1.165, 1.54) is 6.20 Å². The largest absolute Gasteiger partial charge is 0.338 e. The van der Waals surface area contributed by atoms with E-state index >= 15 is 0 Å². The number of rotatable bonds is 6. The summed E-state index contributed by atoms with van der Waals surface area (Å²) in [4.78, 5) is 22.7. The van der Waals surface area contributed by atoms with Gasteiger partial charge in [-0.05, 0) is 50.7 Å². The van der Waals surface area contributed by atoms with Crippen molar-refractivity contribution in [1.82, 2.24) is 20.0 Å². The van der Waals surface area contributed by atoms with Crippen LogP contribution in [-0.4, -0.2) is 33.0 Å². The van der Waals surface area contributed by atoms with Crippen molar-refractivity contribution in [3.8, 4) is 6.07 Å². The Kier molecular flexibility index (Phi) is 5.77. The van der Waals surface area contributed by atoms with Crippen molar-refractivity contribution in [1.29, 1.82) is 5.26 Å². The summed E-state index contributed by atoms with van der Waals surface area (Å²) in [6.07, 6.45) is 1.42. The summed E-state index contributed by atoms with van der Waals surface area (Å²) in [6.45, 7) is 4.46. The van der Waals surface area contributed by atoms with Crippen LogP contribution in [0.15, 0.2) is 47.1 Å². The van der Waals surface area contributed by atoms with Gasteiger partial charge in [0.25, 0.3) is 5.91 Å². The second-order valence-electron chi connectivity index (χ2n) is 6.47. The van der Waals surface area contributed by atoms with E-state index in [2.05, 4.69) is 25.3 Å². The number of nitrogens with zero attached hydrogens (tertiary/aromatic N) is 5. The molecule has 1 atom stereocenters. The molecule has 0 fully saturated rings. The molecule has 0 spiro atoms. The van der Waals surface area contributed by atoms with Gasteiger partial charge < -0.3 is 9.84 Å². The minimum Gasteiger partial charge on any atom is -0.338 e. The van der Waals surface area contributed by atoms with E-state index in [1.54, 1.807) is 31.2 Å². The summed E-state index contributed by atoms with van der Waals surface area (Å²) in [5.41, 5.74) is 2.02. The fourth-order valence-corrected chi connectivity index (χ4v) is 2.58. The summed E-state index contributed by atoms with van der Waals surface area (Å²) in [6, 6.07) is 12.5. The molecular weight excluding hydrogens is 356 g/mol. The fraction of sp³-hybridized carbons (Fsp3) is 0.250. The number of hydrogen-bond donors (Lipinski definition) is 1. The molecule has 1 amide bonds. The van der Waals surface area contributed by atoms with Gasteiger partial charge in [-0.15, -0.1) is 0 Å². The number of aryl methyl sites for hydroxylation is 1. The molecule has 1 N–H and O–H groups in total. The van der Waals surface area contributed by atoms with Crippen LogP contribution < -0.4 is 5.32 Å². The van der Waals surface area contributed by atoms with Crippen LogP contribution in [0.1, 0.15) is 46.2 Å². The summed E-state index contributed by atoms with van der Waals surface area (Å²) < 4.78 is 5.23. The first kappa shape index (κ1) is 19.2. The number of anilines is 1. The van der Waals surface area contributed by atoms with E-state index in [9.17, 15) is 4.79 Å². The van der Waals surface area contributed by atoms with Gasteiger partial charge in [-0.25, -0.2) is 4.98 Å². The van der Waals surface area contributed by atoms with Crippen molar-refractivity contribution in [3.05, 3.63) is 71.0 Å². The number of nitriles is 1. The maximum Gasteiger partial charge on any atom is 0.256 e. The van der Waals surface area contributed by atoms with Gasteiger partial charge in [0, 0.05) is 18.3 Å². The van der Waals surface area contributed by atoms with Gasteiger partial charge in [-0.1, -0.05) is 17.3 Å². The number of hydrogen-bond acceptors (Lipinski definition) is 7. The number of aromatic nitrogens is 3. The first-order chi connectivity index (χ1) is 13.5. The second kappa shape index (κ2) is 8.41. The monoisotopic (exact) mass is 376 g/mol. The lowest BCUT2D eigenvalue weighted by Gasteiger charge is -2.21. The Bertz CT molecular complexity index is 989. The Morgan fingerprint density at radius 1 is 1.29 bits per heavy atom. The molecule has 3 rings (SSSR count). The number of nitrogens with one attached hydrogen (secondary N) is 1. The van der Waals surface area contributed by atoms with Crippen LogP contribution in [0.25, 0.3) is 0 Å². The summed E-state index contributed by atoms with van der Waals surface area (Å²) in [5.74, 6) is 1.33. The predicted molar refractivity (Wildman–Crippen MR) is 102 cm³/mol. The Hall–Kier alpha value is -3.57. The normalized spacial score (nSPS) is 11.8. The minimum absolute atomic E-state index is 0.0216. The Labute approximate surface area is 162 Å². The highest BCUT2D eigenvalue weighted by Crippen LogP contribution is 2.19. The minimum atomic E-state index is -0.258. The Morgan fingerprint density at radius 3 is 2.61 bits per heavy atom. The number of amides is 1. The standard InChI is InChI=1S/C20H20N6O2/c1-13(20-23-14(2)25-28-20)26(3)12-15-4-7-17(8-5-15)19(27)24-18-9-6-16(10-21)11-22-18/h4-9,11,13H,12H2,1-3H3,(H,22,24,27)/t13-/m0/s1. The third-order valence-corrected chi connectivity index (χ3v) is 4.34. The highest BCUT2D eigenvalue weighted by molar-refractivity contribution is 6.03. The third-order valence-electron chi connectivity index (χ3n) is 4.34. The SMILES string of the molecule is Cc1noc([C@H](C)N(C)Cc2ccc(C(=O)Nc3ccc(C#N)cn3)cc2)n1. The molecule has 0 aliphatic rings. The summed E-state index contributed by atoms with van der Waals surface area (Å²) >= 11 is 0. The molecule has 0 radical (unpaired) electrons. The van der Waals surface area contributed by atoms with Gasteiger partial charge in [-0.2, -0.15) is 10.2 Å². The molecule has 28 heavy (non-hydrogen) atoms. The zero-order valence-electron chi connectivity index (χ0n) is 15.9. The Morgan fingerprint density at radius 2 is 2.04 bits per heavy atom. The van der Waals surface area contributed by atoms with Crippen LogP contribution in [0.4, 0.5) is 5.82 Å². The molecule has 0 saturated heterocycles. The number of carbonyl (C=O) groups is 1. The highest BCUT2D eigenvalue weighted by Gasteiger charge is 2.18. The average molecular weight is 376 g/mol. The lowest BCUT2D eigenvalue weighted by molar-refractivity contribution is 0.102. The second-order valence-corrected chi connectivity index (χ2v) is 6.47. The van der Waals surface area contributed by atoms with Gasteiger partial charge in [0.15, 0.2) is 5.82 Å². The van der Waals surface area contributed by atoms with Crippen LogP contribution in [-0.2, 0) is 6.54 Å². The zero-order valence-corrected chi connectivity index (χ0v) is 15.9. The van der Waals surface area contributed by atoms with Crippen LogP contribution in [0.2, 0.25) is 0 Å². The summed E-state index contributed by atoms with van der Waals surface area (Å²) in [5, 5.41) is 15.3. The van der Waals surface area contributed by atoms with Crippen molar-refractivity contribution < 1.29 is 9.32 Å². The van der Waals surface area contributed by atoms with Crippen molar-refractivity contribution in [2.45, 2.75) is 26.4 Å². The van der Waals surface area contributed by atoms with Crippen LogP contribution in [0.5, 0.6) is 0 Å². The first-order valence-electron chi connectivity index (χ1n) is 8.73. The van der Waals surface area contributed by atoms with Gasteiger partial charge >= 0.3 is 0 Å². The molecule has 1 aromatic carbocycles. The number of carbonyl (C=O) groups excluding carboxylic acids is 1. The molecule has 0 unspecified atom stereocenters. The quantitative estimate of drug-likeness (QED) is 0.704. The van der Waals surface area contributed by atoms with E-state index in [4.69, 9.17) is 9.78 Å². The maximum atomic E-state index is 12.3. The fourth-order valence-electron chi connectivity index (χ4n) is 2.58. The number of pyridine rings is 1. The predicted octanol–water partition coefficient (Wildman–Crippen LogP) is 3.09. The van der Waals surface area contributed by atoms with E-state index in [0.29, 0.717) is 35.2 Å². The maximum absolute atomic E-state index is 12.3. The lowest BCUT2D eigenvalue weighted by atomic mass is 10.1. The van der Waals surface area contributed by atoms with E-state index < -0.39 is 0 Å². The molecule has 2 heterocycles. The molecular formula is C20H20N6O2. The number of benzene rings is 1. The van der Waals surface area contributed by atoms with Crippen LogP contribution in [0, 0.1) is 18.3 Å². The van der Waals surface area contributed by atoms with Gasteiger partial charge in [0.2, 0.25) is 5.89 Å². The zero-order chi connectivity index (χ0) is 20.1. The molecule has 8 heteroatoms. The van der Waals surface area contributed by atoms with Gasteiger partial charge in [-0.3, -0.25) is 9.69 Å². The molecule has 3 aromatic rings. The van der Waals surface area contributed by atoms with Crippen molar-refractivity contribution in [2.24, 2.45) is 0 Å². The molecule has 2 aromatic heterocycles. The molecule has 0 saturated carbocycles. The highest BCUT2D eigenvalue weighted by atomic mass is 16.5.